The van der Waals surface area contributed by atoms with E-state index in [1.807, 2.05) is 5.38 Å². The minimum Gasteiger partial charge on any atom is -0.387 e. The van der Waals surface area contributed by atoms with Crippen molar-refractivity contribution in [1.29, 1.82) is 0 Å². The molecule has 0 bridgehead atoms. The molecule has 10 heteroatoms. The molecule has 9 nitrogen and oxygen atoms in total. The summed E-state index contributed by atoms with van der Waals surface area (Å²) in [6.45, 7) is 1.70. The first-order valence-electron chi connectivity index (χ1n) is 9.52. The number of nitrogens with zero attached hydrogens (tertiary/aromatic N) is 6. The van der Waals surface area contributed by atoms with Crippen molar-refractivity contribution in [3.05, 3.63) is 23.3 Å². The van der Waals surface area contributed by atoms with E-state index in [0.717, 1.165) is 53.0 Å². The van der Waals surface area contributed by atoms with Crippen LogP contribution in [0.4, 0.5) is 11.9 Å². The van der Waals surface area contributed by atoms with Crippen LogP contribution in [0.1, 0.15) is 24.8 Å². The van der Waals surface area contributed by atoms with Crippen molar-refractivity contribution in [3.63, 3.8) is 0 Å². The second-order valence-corrected chi connectivity index (χ2v) is 7.98. The van der Waals surface area contributed by atoms with E-state index < -0.39 is 6.61 Å². The standard InChI is InChI=1S/C19H23N7O2S/c1-25(14(28)10-27)9-13-11-29-17-15(12-7-21-18(20)22-8-12)23-19(24-16(13)17)26-5-3-2-4-6-26/h7-8,11,27H,2-6,9-10H2,1H3,(H2,20,21,22). The average molecular weight is 414 g/mol. The third-order valence-electron chi connectivity index (χ3n) is 5.03. The van der Waals surface area contributed by atoms with Gasteiger partial charge in [-0.3, -0.25) is 4.79 Å². The average Bonchev–Trinajstić information content (AvgIpc) is 3.16. The van der Waals surface area contributed by atoms with Crippen LogP contribution >= 0.6 is 11.3 Å². The minimum atomic E-state index is -0.513. The van der Waals surface area contributed by atoms with Gasteiger partial charge in [0, 0.05) is 50.2 Å². The van der Waals surface area contributed by atoms with E-state index in [4.69, 9.17) is 20.8 Å². The Labute approximate surface area is 172 Å². The summed E-state index contributed by atoms with van der Waals surface area (Å²) in [4.78, 5) is 33.5. The highest BCUT2D eigenvalue weighted by molar-refractivity contribution is 7.17. The third kappa shape index (κ3) is 3.99. The fourth-order valence-electron chi connectivity index (χ4n) is 3.42. The van der Waals surface area contributed by atoms with Gasteiger partial charge in [-0.1, -0.05) is 0 Å². The molecule has 0 aromatic carbocycles. The Balaban J connectivity index is 1.82. The number of hydrogen-bond acceptors (Lipinski definition) is 9. The van der Waals surface area contributed by atoms with E-state index in [1.165, 1.54) is 22.7 Å². The number of carbonyl (C=O) groups is 1. The summed E-state index contributed by atoms with van der Waals surface area (Å²) in [5, 5.41) is 11.1. The Morgan fingerprint density at radius 3 is 2.66 bits per heavy atom. The number of aromatic nitrogens is 4. The van der Waals surface area contributed by atoms with Crippen molar-refractivity contribution in [1.82, 2.24) is 24.8 Å². The molecule has 152 valence electrons. The van der Waals surface area contributed by atoms with Crippen LogP contribution < -0.4 is 10.6 Å². The van der Waals surface area contributed by atoms with Crippen molar-refractivity contribution in [2.24, 2.45) is 0 Å². The maximum absolute atomic E-state index is 11.8. The SMILES string of the molecule is CN(Cc1csc2c(-c3cnc(N)nc3)nc(N3CCCCC3)nc12)C(=O)CO. The van der Waals surface area contributed by atoms with E-state index >= 15 is 0 Å². The van der Waals surface area contributed by atoms with Gasteiger partial charge in [0.1, 0.15) is 6.61 Å². The summed E-state index contributed by atoms with van der Waals surface area (Å²) < 4.78 is 0.916. The van der Waals surface area contributed by atoms with Crippen LogP contribution in [0.25, 0.3) is 21.5 Å². The van der Waals surface area contributed by atoms with Gasteiger partial charge in [-0.05, 0) is 24.6 Å². The lowest BCUT2D eigenvalue weighted by Gasteiger charge is -2.27. The molecule has 0 unspecified atom stereocenters. The van der Waals surface area contributed by atoms with Gasteiger partial charge in [0.15, 0.2) is 0 Å². The first kappa shape index (κ1) is 19.5. The lowest BCUT2D eigenvalue weighted by atomic mass is 10.1. The molecule has 3 aromatic rings. The number of aliphatic hydroxyl groups is 1. The number of likely N-dealkylation sites (N-methyl/N-ethyl adjacent to an activating group) is 1. The van der Waals surface area contributed by atoms with Crippen LogP contribution in [-0.4, -0.2) is 62.6 Å². The number of aliphatic hydroxyl groups excluding tert-OH is 1. The number of nitrogen functional groups attached to an aromatic ring is 1. The van der Waals surface area contributed by atoms with Gasteiger partial charge in [-0.15, -0.1) is 11.3 Å². The maximum Gasteiger partial charge on any atom is 0.248 e. The van der Waals surface area contributed by atoms with Gasteiger partial charge < -0.3 is 20.6 Å². The number of anilines is 2. The third-order valence-corrected chi connectivity index (χ3v) is 6.05. The van der Waals surface area contributed by atoms with Gasteiger partial charge in [0.05, 0.1) is 15.9 Å². The predicted molar refractivity (Wildman–Crippen MR) is 112 cm³/mol. The van der Waals surface area contributed by atoms with Crippen molar-refractivity contribution in [2.45, 2.75) is 25.8 Å². The molecule has 0 atom stereocenters. The van der Waals surface area contributed by atoms with Crippen molar-refractivity contribution in [3.8, 4) is 11.3 Å². The molecule has 29 heavy (non-hydrogen) atoms. The van der Waals surface area contributed by atoms with Crippen molar-refractivity contribution >= 4 is 39.4 Å². The second kappa shape index (κ2) is 8.26. The molecule has 0 radical (unpaired) electrons. The number of carbonyl (C=O) groups excluding carboxylic acids is 1. The van der Waals surface area contributed by atoms with Crippen molar-refractivity contribution in [2.75, 3.05) is 37.4 Å². The van der Waals surface area contributed by atoms with Gasteiger partial charge >= 0.3 is 0 Å². The van der Waals surface area contributed by atoms with E-state index in [2.05, 4.69) is 14.9 Å². The Hall–Kier alpha value is -2.85. The lowest BCUT2D eigenvalue weighted by molar-refractivity contribution is -0.133. The summed E-state index contributed by atoms with van der Waals surface area (Å²) in [6.07, 6.45) is 6.79. The number of piperidine rings is 1. The van der Waals surface area contributed by atoms with Crippen LogP contribution in [-0.2, 0) is 11.3 Å². The number of thiophene rings is 1. The highest BCUT2D eigenvalue weighted by Gasteiger charge is 2.21. The van der Waals surface area contributed by atoms with Gasteiger partial charge in [-0.25, -0.2) is 19.9 Å². The van der Waals surface area contributed by atoms with Crippen LogP contribution in [0.15, 0.2) is 17.8 Å². The summed E-state index contributed by atoms with van der Waals surface area (Å²) in [5.74, 6) is 0.563. The van der Waals surface area contributed by atoms with Crippen LogP contribution in [0.5, 0.6) is 0 Å². The molecule has 4 rings (SSSR count). The zero-order chi connectivity index (χ0) is 20.4. The number of rotatable bonds is 5. The van der Waals surface area contributed by atoms with Gasteiger partial charge in [0.2, 0.25) is 17.8 Å². The first-order chi connectivity index (χ1) is 14.1. The molecular weight excluding hydrogens is 390 g/mol. The lowest BCUT2D eigenvalue weighted by Crippen LogP contribution is -2.31. The number of nitrogens with two attached hydrogens (primary N) is 1. The number of amides is 1. The minimum absolute atomic E-state index is 0.214. The highest BCUT2D eigenvalue weighted by atomic mass is 32.1. The van der Waals surface area contributed by atoms with Crippen LogP contribution in [0.3, 0.4) is 0 Å². The molecule has 0 spiro atoms. The van der Waals surface area contributed by atoms with Crippen LogP contribution in [0.2, 0.25) is 0 Å². The largest absolute Gasteiger partial charge is 0.387 e. The first-order valence-corrected chi connectivity index (χ1v) is 10.4. The zero-order valence-electron chi connectivity index (χ0n) is 16.2. The quantitative estimate of drug-likeness (QED) is 0.648. The topological polar surface area (TPSA) is 121 Å². The summed E-state index contributed by atoms with van der Waals surface area (Å²) in [6, 6.07) is 0. The van der Waals surface area contributed by atoms with E-state index in [0.29, 0.717) is 12.5 Å². The molecule has 0 saturated carbocycles. The summed E-state index contributed by atoms with van der Waals surface area (Å²) >= 11 is 1.53. The van der Waals surface area contributed by atoms with E-state index in [9.17, 15) is 4.79 Å². The fraction of sp³-hybridized carbons (Fsp3) is 0.421. The van der Waals surface area contributed by atoms with Crippen molar-refractivity contribution < 1.29 is 9.90 Å². The molecule has 1 aliphatic heterocycles. The predicted octanol–water partition coefficient (Wildman–Crippen LogP) is 1.67. The Kier molecular flexibility index (Phi) is 5.54. The van der Waals surface area contributed by atoms with Crippen LogP contribution in [0, 0.1) is 0 Å². The maximum atomic E-state index is 11.8. The van der Waals surface area contributed by atoms with Gasteiger partial charge in [-0.2, -0.15) is 0 Å². The van der Waals surface area contributed by atoms with Gasteiger partial charge in [0.25, 0.3) is 0 Å². The normalized spacial score (nSPS) is 14.3. The molecule has 1 saturated heterocycles. The number of fused-ring (bicyclic) bond motifs is 1. The fourth-order valence-corrected chi connectivity index (χ4v) is 4.43. The molecule has 3 N–H and O–H groups in total. The molecule has 0 aliphatic carbocycles. The molecule has 4 heterocycles. The summed E-state index contributed by atoms with van der Waals surface area (Å²) in [5.41, 5.74) is 8.93. The molecule has 1 amide bonds. The van der Waals surface area contributed by atoms with E-state index in [1.54, 1.807) is 19.4 Å². The van der Waals surface area contributed by atoms with E-state index in [-0.39, 0.29) is 11.9 Å². The Morgan fingerprint density at radius 1 is 1.24 bits per heavy atom. The second-order valence-electron chi connectivity index (χ2n) is 7.10. The molecule has 1 aliphatic rings. The number of hydrogen-bond donors (Lipinski definition) is 2. The smallest absolute Gasteiger partial charge is 0.248 e. The monoisotopic (exact) mass is 413 g/mol. The molecular formula is C19H23N7O2S. The Morgan fingerprint density at radius 2 is 1.97 bits per heavy atom. The molecule has 1 fully saturated rings. The summed E-state index contributed by atoms with van der Waals surface area (Å²) in [7, 11) is 1.67. The highest BCUT2D eigenvalue weighted by Crippen LogP contribution is 2.35. The zero-order valence-corrected chi connectivity index (χ0v) is 17.0. The Bertz CT molecular complexity index is 1020. The molecule has 3 aromatic heterocycles.